The summed E-state index contributed by atoms with van der Waals surface area (Å²) in [5.41, 5.74) is -0.486. The zero-order valence-corrected chi connectivity index (χ0v) is 13.2. The fraction of sp³-hybridized carbons (Fsp3) is 0.867. The molecule has 0 aliphatic carbocycles. The largest absolute Gasteiger partial charge is 0.460 e. The molecule has 0 radical (unpaired) electrons. The molecule has 1 amide bonds. The van der Waals surface area contributed by atoms with E-state index in [1.807, 2.05) is 20.8 Å². The number of amides is 1. The van der Waals surface area contributed by atoms with Crippen molar-refractivity contribution >= 4 is 11.9 Å². The highest BCUT2D eigenvalue weighted by atomic mass is 16.6. The molecule has 20 heavy (non-hydrogen) atoms. The fourth-order valence-electron chi connectivity index (χ4n) is 2.39. The van der Waals surface area contributed by atoms with Gasteiger partial charge in [-0.15, -0.1) is 0 Å². The van der Waals surface area contributed by atoms with Gasteiger partial charge in [-0.2, -0.15) is 0 Å². The van der Waals surface area contributed by atoms with Gasteiger partial charge < -0.3 is 15.0 Å². The number of piperidine rings is 1. The van der Waals surface area contributed by atoms with E-state index in [1.165, 1.54) is 6.42 Å². The topological polar surface area (TPSA) is 58.6 Å². The van der Waals surface area contributed by atoms with Crippen LogP contribution in [0.2, 0.25) is 0 Å². The molecular formula is C15H28N2O3. The molecule has 1 heterocycles. The minimum absolute atomic E-state index is 0.0657. The zero-order valence-electron chi connectivity index (χ0n) is 13.2. The summed E-state index contributed by atoms with van der Waals surface area (Å²) in [5, 5.41) is 2.92. The Bertz CT molecular complexity index is 337. The first-order chi connectivity index (χ1) is 9.26. The van der Waals surface area contributed by atoms with Crippen LogP contribution < -0.4 is 5.32 Å². The smallest absolute Gasteiger partial charge is 0.306 e. The first kappa shape index (κ1) is 17.0. The van der Waals surface area contributed by atoms with Gasteiger partial charge in [-0.05, 0) is 53.1 Å². The van der Waals surface area contributed by atoms with E-state index in [1.54, 1.807) is 0 Å². The third kappa shape index (κ3) is 7.48. The molecular weight excluding hydrogens is 256 g/mol. The minimum Gasteiger partial charge on any atom is -0.460 e. The van der Waals surface area contributed by atoms with E-state index in [0.29, 0.717) is 12.5 Å². The van der Waals surface area contributed by atoms with Crippen LogP contribution in [0.5, 0.6) is 0 Å². The van der Waals surface area contributed by atoms with Crippen molar-refractivity contribution in [2.45, 2.75) is 52.1 Å². The van der Waals surface area contributed by atoms with Crippen molar-refractivity contribution in [2.75, 3.05) is 26.7 Å². The second-order valence-corrected chi connectivity index (χ2v) is 6.66. The van der Waals surface area contributed by atoms with Gasteiger partial charge in [0.25, 0.3) is 0 Å². The molecule has 1 rings (SSSR count). The highest BCUT2D eigenvalue weighted by Crippen LogP contribution is 2.14. The van der Waals surface area contributed by atoms with Gasteiger partial charge in [-0.3, -0.25) is 9.59 Å². The van der Waals surface area contributed by atoms with Crippen LogP contribution in [0.4, 0.5) is 0 Å². The van der Waals surface area contributed by atoms with Crippen LogP contribution in [-0.2, 0) is 14.3 Å². The fourth-order valence-corrected chi connectivity index (χ4v) is 2.39. The summed E-state index contributed by atoms with van der Waals surface area (Å²) in [5.74, 6) is 0.147. The van der Waals surface area contributed by atoms with Crippen LogP contribution in [0.3, 0.4) is 0 Å². The van der Waals surface area contributed by atoms with Crippen LogP contribution in [0.15, 0.2) is 0 Å². The van der Waals surface area contributed by atoms with Crippen molar-refractivity contribution in [1.29, 1.82) is 0 Å². The van der Waals surface area contributed by atoms with Crippen molar-refractivity contribution < 1.29 is 14.3 Å². The normalized spacial score (nSPS) is 20.5. The quantitative estimate of drug-likeness (QED) is 0.779. The maximum Gasteiger partial charge on any atom is 0.306 e. The number of rotatable bonds is 5. The lowest BCUT2D eigenvalue weighted by atomic mass is 9.98. The highest BCUT2D eigenvalue weighted by Gasteiger charge is 2.19. The van der Waals surface area contributed by atoms with Crippen LogP contribution in [0.1, 0.15) is 46.5 Å². The predicted octanol–water partition coefficient (Wildman–Crippen LogP) is 1.57. The number of likely N-dealkylation sites (tertiary alicyclic amines) is 1. The Morgan fingerprint density at radius 1 is 1.30 bits per heavy atom. The summed E-state index contributed by atoms with van der Waals surface area (Å²) in [6.45, 7) is 8.35. The van der Waals surface area contributed by atoms with Crippen LogP contribution in [-0.4, -0.2) is 49.1 Å². The van der Waals surface area contributed by atoms with Crippen LogP contribution in [0.25, 0.3) is 0 Å². The molecule has 0 bridgehead atoms. The molecule has 1 unspecified atom stereocenters. The van der Waals surface area contributed by atoms with E-state index >= 15 is 0 Å². The van der Waals surface area contributed by atoms with Crippen LogP contribution in [0, 0.1) is 5.92 Å². The number of nitrogens with zero attached hydrogens (tertiary/aromatic N) is 1. The number of ether oxygens (including phenoxy) is 1. The Morgan fingerprint density at radius 3 is 2.60 bits per heavy atom. The summed E-state index contributed by atoms with van der Waals surface area (Å²) in [6.07, 6.45) is 2.71. The molecule has 0 spiro atoms. The van der Waals surface area contributed by atoms with Gasteiger partial charge in [-0.1, -0.05) is 0 Å². The molecule has 1 fully saturated rings. The van der Waals surface area contributed by atoms with Gasteiger partial charge in [0.1, 0.15) is 5.60 Å². The summed E-state index contributed by atoms with van der Waals surface area (Å²) >= 11 is 0. The molecule has 1 saturated heterocycles. The number of carbonyl (C=O) groups excluding carboxylic acids is 2. The maximum absolute atomic E-state index is 11.7. The average Bonchev–Trinajstić information content (AvgIpc) is 2.32. The standard InChI is InChI=1S/C15H28N2O3/c1-15(2,3)20-14(19)8-7-13(18)16-10-12-6-5-9-17(4)11-12/h12H,5-11H2,1-4H3,(H,16,18). The summed E-state index contributed by atoms with van der Waals surface area (Å²) in [7, 11) is 2.11. The molecule has 1 atom stereocenters. The second kappa shape index (κ2) is 7.62. The van der Waals surface area contributed by atoms with Crippen molar-refractivity contribution in [3.63, 3.8) is 0 Å². The van der Waals surface area contributed by atoms with Gasteiger partial charge in [0.2, 0.25) is 5.91 Å². The van der Waals surface area contributed by atoms with Gasteiger partial charge in [0.15, 0.2) is 0 Å². The molecule has 0 saturated carbocycles. The molecule has 1 N–H and O–H groups in total. The van der Waals surface area contributed by atoms with E-state index < -0.39 is 5.60 Å². The Kier molecular flexibility index (Phi) is 6.46. The van der Waals surface area contributed by atoms with E-state index in [0.717, 1.165) is 19.5 Å². The SMILES string of the molecule is CN1CCCC(CNC(=O)CCC(=O)OC(C)(C)C)C1. The van der Waals surface area contributed by atoms with Crippen molar-refractivity contribution in [2.24, 2.45) is 5.92 Å². The third-order valence-electron chi connectivity index (χ3n) is 3.29. The number of esters is 1. The van der Waals surface area contributed by atoms with Gasteiger partial charge in [0, 0.05) is 19.5 Å². The highest BCUT2D eigenvalue weighted by molar-refractivity contribution is 5.81. The summed E-state index contributed by atoms with van der Waals surface area (Å²) < 4.78 is 5.17. The lowest BCUT2D eigenvalue weighted by Gasteiger charge is -2.29. The Hall–Kier alpha value is -1.10. The molecule has 116 valence electrons. The number of nitrogens with one attached hydrogen (secondary N) is 1. The summed E-state index contributed by atoms with van der Waals surface area (Å²) in [4.78, 5) is 25.5. The Labute approximate surface area is 122 Å². The van der Waals surface area contributed by atoms with Gasteiger partial charge >= 0.3 is 5.97 Å². The van der Waals surface area contributed by atoms with Crippen molar-refractivity contribution in [1.82, 2.24) is 10.2 Å². The second-order valence-electron chi connectivity index (χ2n) is 6.66. The maximum atomic E-state index is 11.7. The molecule has 0 aromatic rings. The van der Waals surface area contributed by atoms with Gasteiger partial charge in [-0.25, -0.2) is 0 Å². The number of hydrogen-bond acceptors (Lipinski definition) is 4. The van der Waals surface area contributed by atoms with E-state index in [2.05, 4.69) is 17.3 Å². The number of carbonyl (C=O) groups is 2. The molecule has 0 aromatic heterocycles. The first-order valence-corrected chi connectivity index (χ1v) is 7.43. The van der Waals surface area contributed by atoms with Gasteiger partial charge in [0.05, 0.1) is 6.42 Å². The zero-order chi connectivity index (χ0) is 15.2. The Morgan fingerprint density at radius 2 is 2.00 bits per heavy atom. The number of hydrogen-bond donors (Lipinski definition) is 1. The minimum atomic E-state index is -0.486. The average molecular weight is 284 g/mol. The van der Waals surface area contributed by atoms with Crippen LogP contribution >= 0.6 is 0 Å². The van der Waals surface area contributed by atoms with E-state index in [-0.39, 0.29) is 24.7 Å². The lowest BCUT2D eigenvalue weighted by Crippen LogP contribution is -2.39. The summed E-state index contributed by atoms with van der Waals surface area (Å²) in [6, 6.07) is 0. The first-order valence-electron chi connectivity index (χ1n) is 7.43. The van der Waals surface area contributed by atoms with E-state index in [9.17, 15) is 9.59 Å². The third-order valence-corrected chi connectivity index (χ3v) is 3.29. The van der Waals surface area contributed by atoms with Crippen molar-refractivity contribution in [3.8, 4) is 0 Å². The molecule has 5 heteroatoms. The Balaban J connectivity index is 2.15. The van der Waals surface area contributed by atoms with Crippen molar-refractivity contribution in [3.05, 3.63) is 0 Å². The molecule has 1 aliphatic rings. The molecule has 5 nitrogen and oxygen atoms in total. The monoisotopic (exact) mass is 284 g/mol. The molecule has 0 aromatic carbocycles. The predicted molar refractivity (Wildman–Crippen MR) is 78.3 cm³/mol. The molecule has 1 aliphatic heterocycles. The lowest BCUT2D eigenvalue weighted by molar-refractivity contribution is -0.155. The van der Waals surface area contributed by atoms with E-state index in [4.69, 9.17) is 4.74 Å².